The first-order chi connectivity index (χ1) is 10.3. The summed E-state index contributed by atoms with van der Waals surface area (Å²) in [5.74, 6) is 1.72. The molecule has 0 aliphatic heterocycles. The monoisotopic (exact) mass is 302 g/mol. The minimum atomic E-state index is 0.778. The van der Waals surface area contributed by atoms with Crippen molar-refractivity contribution < 1.29 is 0 Å². The van der Waals surface area contributed by atoms with Crippen LogP contribution in [0.4, 0.5) is 11.6 Å². The zero-order valence-corrected chi connectivity index (χ0v) is 13.6. The Morgan fingerprint density at radius 2 is 1.67 bits per heavy atom. The molecule has 0 saturated heterocycles. The molecule has 1 aromatic heterocycles. The lowest BCUT2D eigenvalue weighted by atomic mass is 10.1. The molecule has 0 radical (unpaired) electrons. The van der Waals surface area contributed by atoms with E-state index < -0.39 is 0 Å². The van der Waals surface area contributed by atoms with Crippen molar-refractivity contribution in [1.82, 2.24) is 9.97 Å². The van der Waals surface area contributed by atoms with Gasteiger partial charge in [-0.1, -0.05) is 43.0 Å². The minimum Gasteiger partial charge on any atom is -0.370 e. The molecule has 0 aliphatic rings. The summed E-state index contributed by atoms with van der Waals surface area (Å²) in [6, 6.07) is 10.5. The molecule has 4 nitrogen and oxygen atoms in total. The number of rotatable bonds is 7. The number of benzene rings is 1. The number of nitrogens with one attached hydrogen (secondary N) is 2. The third-order valence-corrected chi connectivity index (χ3v) is 3.75. The van der Waals surface area contributed by atoms with E-state index in [2.05, 4.69) is 58.7 Å². The Balaban J connectivity index is 2.13. The van der Waals surface area contributed by atoms with E-state index in [0.29, 0.717) is 0 Å². The molecule has 21 heavy (non-hydrogen) atoms. The predicted octanol–water partition coefficient (Wildman–Crippen LogP) is 3.80. The van der Waals surface area contributed by atoms with Gasteiger partial charge in [-0.05, 0) is 30.7 Å². The summed E-state index contributed by atoms with van der Waals surface area (Å²) in [4.78, 5) is 8.94. The van der Waals surface area contributed by atoms with E-state index in [1.807, 2.05) is 12.3 Å². The summed E-state index contributed by atoms with van der Waals surface area (Å²) in [6.45, 7) is 5.87. The van der Waals surface area contributed by atoms with E-state index in [0.717, 1.165) is 36.3 Å². The van der Waals surface area contributed by atoms with Crippen LogP contribution < -0.4 is 10.6 Å². The minimum absolute atomic E-state index is 0.778. The molecule has 1 aromatic carbocycles. The standard InChI is InChI=1S/C16H22N4S/c1-4-12-8-6-7-9-13(12)11-18-15-10-14(17-5-2)19-16(20-15)21-3/h6-10H,4-5,11H2,1-3H3,(H2,17,18,19,20). The van der Waals surface area contributed by atoms with E-state index in [1.54, 1.807) is 11.8 Å². The number of hydrogen-bond donors (Lipinski definition) is 2. The van der Waals surface area contributed by atoms with Gasteiger partial charge < -0.3 is 10.6 Å². The van der Waals surface area contributed by atoms with Gasteiger partial charge in [0.25, 0.3) is 0 Å². The Morgan fingerprint density at radius 1 is 1.00 bits per heavy atom. The lowest BCUT2D eigenvalue weighted by molar-refractivity contribution is 0.945. The maximum absolute atomic E-state index is 4.51. The predicted molar refractivity (Wildman–Crippen MR) is 91.1 cm³/mol. The molecular formula is C16H22N4S. The van der Waals surface area contributed by atoms with E-state index in [1.165, 1.54) is 11.1 Å². The second-order valence-electron chi connectivity index (χ2n) is 4.63. The molecule has 0 aliphatic carbocycles. The third kappa shape index (κ3) is 4.36. The summed E-state index contributed by atoms with van der Waals surface area (Å²) in [5.41, 5.74) is 2.69. The van der Waals surface area contributed by atoms with Gasteiger partial charge in [0, 0.05) is 19.2 Å². The number of hydrogen-bond acceptors (Lipinski definition) is 5. The van der Waals surface area contributed by atoms with Gasteiger partial charge >= 0.3 is 0 Å². The highest BCUT2D eigenvalue weighted by Gasteiger charge is 2.05. The van der Waals surface area contributed by atoms with Gasteiger partial charge in [0.15, 0.2) is 5.16 Å². The second kappa shape index (κ2) is 7.88. The Morgan fingerprint density at radius 3 is 2.29 bits per heavy atom. The van der Waals surface area contributed by atoms with Crippen LogP contribution in [0.15, 0.2) is 35.5 Å². The molecular weight excluding hydrogens is 280 g/mol. The fourth-order valence-electron chi connectivity index (χ4n) is 2.14. The molecule has 0 bridgehead atoms. The van der Waals surface area contributed by atoms with Crippen molar-refractivity contribution in [3.63, 3.8) is 0 Å². The van der Waals surface area contributed by atoms with Crippen molar-refractivity contribution in [3.05, 3.63) is 41.5 Å². The first-order valence-corrected chi connectivity index (χ1v) is 8.46. The molecule has 5 heteroatoms. The molecule has 1 heterocycles. The van der Waals surface area contributed by atoms with Crippen LogP contribution in [0.3, 0.4) is 0 Å². The van der Waals surface area contributed by atoms with E-state index in [9.17, 15) is 0 Å². The van der Waals surface area contributed by atoms with Crippen LogP contribution in [0.5, 0.6) is 0 Å². The van der Waals surface area contributed by atoms with Crippen molar-refractivity contribution in [1.29, 1.82) is 0 Å². The second-order valence-corrected chi connectivity index (χ2v) is 5.40. The molecule has 0 amide bonds. The topological polar surface area (TPSA) is 49.8 Å². The van der Waals surface area contributed by atoms with Crippen molar-refractivity contribution in [2.75, 3.05) is 23.4 Å². The molecule has 0 atom stereocenters. The van der Waals surface area contributed by atoms with E-state index in [-0.39, 0.29) is 0 Å². The Hall–Kier alpha value is -1.75. The van der Waals surface area contributed by atoms with Gasteiger partial charge in [0.2, 0.25) is 0 Å². The van der Waals surface area contributed by atoms with Crippen LogP contribution in [-0.4, -0.2) is 22.8 Å². The SMILES string of the molecule is CCNc1cc(NCc2ccccc2CC)nc(SC)n1. The van der Waals surface area contributed by atoms with Crippen LogP contribution in [0.2, 0.25) is 0 Å². The smallest absolute Gasteiger partial charge is 0.191 e. The molecule has 0 fully saturated rings. The van der Waals surface area contributed by atoms with Crippen LogP contribution in [0, 0.1) is 0 Å². The lowest BCUT2D eigenvalue weighted by Gasteiger charge is -2.12. The number of thioether (sulfide) groups is 1. The van der Waals surface area contributed by atoms with Crippen LogP contribution in [0.1, 0.15) is 25.0 Å². The number of aryl methyl sites for hydroxylation is 1. The first kappa shape index (κ1) is 15.6. The number of nitrogens with zero attached hydrogens (tertiary/aromatic N) is 2. The fourth-order valence-corrected chi connectivity index (χ4v) is 2.52. The van der Waals surface area contributed by atoms with Gasteiger partial charge in [-0.3, -0.25) is 0 Å². The molecule has 0 unspecified atom stereocenters. The summed E-state index contributed by atoms with van der Waals surface area (Å²) >= 11 is 1.55. The molecule has 2 rings (SSSR count). The van der Waals surface area contributed by atoms with Crippen molar-refractivity contribution in [2.45, 2.75) is 32.0 Å². The summed E-state index contributed by atoms with van der Waals surface area (Å²) < 4.78 is 0. The van der Waals surface area contributed by atoms with Crippen LogP contribution >= 0.6 is 11.8 Å². The lowest BCUT2D eigenvalue weighted by Crippen LogP contribution is -2.07. The van der Waals surface area contributed by atoms with E-state index in [4.69, 9.17) is 0 Å². The van der Waals surface area contributed by atoms with Crippen LogP contribution in [-0.2, 0) is 13.0 Å². The van der Waals surface area contributed by atoms with Gasteiger partial charge in [-0.2, -0.15) is 0 Å². The summed E-state index contributed by atoms with van der Waals surface area (Å²) in [5, 5.41) is 7.42. The summed E-state index contributed by atoms with van der Waals surface area (Å²) in [6.07, 6.45) is 3.03. The van der Waals surface area contributed by atoms with E-state index >= 15 is 0 Å². The van der Waals surface area contributed by atoms with Gasteiger partial charge in [-0.15, -0.1) is 0 Å². The van der Waals surface area contributed by atoms with Crippen molar-refractivity contribution >= 4 is 23.4 Å². The van der Waals surface area contributed by atoms with Gasteiger partial charge in [-0.25, -0.2) is 9.97 Å². The summed E-state index contributed by atoms with van der Waals surface area (Å²) in [7, 11) is 0. The maximum atomic E-state index is 4.51. The van der Waals surface area contributed by atoms with Crippen molar-refractivity contribution in [2.24, 2.45) is 0 Å². The normalized spacial score (nSPS) is 10.4. The van der Waals surface area contributed by atoms with Crippen molar-refractivity contribution in [3.8, 4) is 0 Å². The molecule has 2 aromatic rings. The maximum Gasteiger partial charge on any atom is 0.191 e. The molecule has 0 spiro atoms. The Bertz CT molecular complexity index is 586. The average molecular weight is 302 g/mol. The first-order valence-electron chi connectivity index (χ1n) is 7.24. The quantitative estimate of drug-likeness (QED) is 0.602. The number of aromatic nitrogens is 2. The Labute approximate surface area is 130 Å². The highest BCUT2D eigenvalue weighted by atomic mass is 32.2. The third-order valence-electron chi connectivity index (χ3n) is 3.21. The largest absolute Gasteiger partial charge is 0.370 e. The molecule has 2 N–H and O–H groups in total. The van der Waals surface area contributed by atoms with Gasteiger partial charge in [0.05, 0.1) is 0 Å². The average Bonchev–Trinajstić information content (AvgIpc) is 2.53. The molecule has 112 valence electrons. The zero-order valence-electron chi connectivity index (χ0n) is 12.8. The Kier molecular flexibility index (Phi) is 5.87. The fraction of sp³-hybridized carbons (Fsp3) is 0.375. The highest BCUT2D eigenvalue weighted by Crippen LogP contribution is 2.18. The highest BCUT2D eigenvalue weighted by molar-refractivity contribution is 7.98. The zero-order chi connectivity index (χ0) is 15.1. The number of anilines is 2. The molecule has 0 saturated carbocycles. The van der Waals surface area contributed by atoms with Gasteiger partial charge in [0.1, 0.15) is 11.6 Å². The van der Waals surface area contributed by atoms with Crippen LogP contribution in [0.25, 0.3) is 0 Å².